The maximum absolute atomic E-state index is 13.5. The van der Waals surface area contributed by atoms with Crippen LogP contribution in [-0.4, -0.2) is 38.2 Å². The number of nitrogens with one attached hydrogen (secondary N) is 2. The Morgan fingerprint density at radius 2 is 1.88 bits per heavy atom. The normalized spacial score (nSPS) is 18.1. The van der Waals surface area contributed by atoms with Gasteiger partial charge in [0.15, 0.2) is 14.6 Å². The van der Waals surface area contributed by atoms with E-state index in [2.05, 4.69) is 10.6 Å². The second-order valence-electron chi connectivity index (χ2n) is 7.14. The first kappa shape index (κ1) is 19.9. The summed E-state index contributed by atoms with van der Waals surface area (Å²) in [5, 5.41) is 6.11. The lowest BCUT2D eigenvalue weighted by Gasteiger charge is -2.29. The quantitative estimate of drug-likeness (QED) is 0.777. The lowest BCUT2D eigenvalue weighted by molar-refractivity contribution is -0.123. The van der Waals surface area contributed by atoms with Crippen LogP contribution in [0.25, 0.3) is 0 Å². The number of aryl methyl sites for hydroxylation is 2. The van der Waals surface area contributed by atoms with E-state index in [9.17, 15) is 13.2 Å². The molecule has 0 aliphatic heterocycles. The summed E-state index contributed by atoms with van der Waals surface area (Å²) in [7, 11) is -3.75. The van der Waals surface area contributed by atoms with Crippen molar-refractivity contribution in [1.29, 1.82) is 0 Å². The van der Waals surface area contributed by atoms with Crippen LogP contribution < -0.4 is 10.6 Å². The van der Waals surface area contributed by atoms with Crippen molar-refractivity contribution in [3.63, 3.8) is 0 Å². The molecule has 5 nitrogen and oxygen atoms in total. The van der Waals surface area contributed by atoms with Crippen LogP contribution in [0.15, 0.2) is 23.1 Å². The summed E-state index contributed by atoms with van der Waals surface area (Å²) in [5.41, 5.74) is 1.59. The molecule has 1 aromatic rings. The Labute approximate surface area is 151 Å². The number of benzene rings is 1. The molecule has 0 heterocycles. The molecular formula is C19H30N2O3S. The molecule has 0 saturated heterocycles. The third-order valence-corrected chi connectivity index (χ3v) is 7.74. The molecule has 140 valence electrons. The molecule has 1 fully saturated rings. The van der Waals surface area contributed by atoms with E-state index in [0.29, 0.717) is 29.8 Å². The third kappa shape index (κ3) is 3.90. The zero-order chi connectivity index (χ0) is 18.7. The van der Waals surface area contributed by atoms with Gasteiger partial charge in [-0.3, -0.25) is 4.79 Å². The fourth-order valence-corrected chi connectivity index (χ4v) is 6.00. The van der Waals surface area contributed by atoms with Crippen LogP contribution in [0.3, 0.4) is 0 Å². The summed E-state index contributed by atoms with van der Waals surface area (Å²) in [6.45, 7) is 8.88. The van der Waals surface area contributed by atoms with E-state index < -0.39 is 14.6 Å². The first-order chi connectivity index (χ1) is 11.7. The Hall–Kier alpha value is -1.40. The van der Waals surface area contributed by atoms with Crippen LogP contribution in [0.5, 0.6) is 0 Å². The third-order valence-electron chi connectivity index (χ3n) is 5.09. The minimum absolute atomic E-state index is 0.107. The first-order valence-corrected chi connectivity index (χ1v) is 10.6. The molecule has 1 aliphatic rings. The van der Waals surface area contributed by atoms with Crippen molar-refractivity contribution in [3.05, 3.63) is 29.3 Å². The summed E-state index contributed by atoms with van der Waals surface area (Å²) in [4.78, 5) is 13.3. The molecule has 0 unspecified atom stereocenters. The molecule has 2 N–H and O–H groups in total. The molecule has 0 radical (unpaired) electrons. The van der Waals surface area contributed by atoms with Gasteiger partial charge in [-0.05, 0) is 57.4 Å². The Morgan fingerprint density at radius 3 is 2.48 bits per heavy atom. The van der Waals surface area contributed by atoms with Crippen LogP contribution in [0.4, 0.5) is 0 Å². The largest absolute Gasteiger partial charge is 0.353 e. The number of amides is 1. The molecule has 0 aromatic heterocycles. The van der Waals surface area contributed by atoms with Gasteiger partial charge in [0.2, 0.25) is 5.91 Å². The van der Waals surface area contributed by atoms with E-state index in [1.54, 1.807) is 13.0 Å². The number of likely N-dealkylation sites (N-methyl/N-ethyl adjacent to an activating group) is 1. The van der Waals surface area contributed by atoms with Crippen LogP contribution in [0.1, 0.15) is 50.7 Å². The summed E-state index contributed by atoms with van der Waals surface area (Å²) < 4.78 is 25.6. The number of carbonyl (C=O) groups excluding carboxylic acids is 1. The Balaban J connectivity index is 2.35. The summed E-state index contributed by atoms with van der Waals surface area (Å²) in [6.07, 6.45) is 2.31. The van der Waals surface area contributed by atoms with Gasteiger partial charge in [-0.15, -0.1) is 0 Å². The summed E-state index contributed by atoms with van der Waals surface area (Å²) in [6, 6.07) is 5.51. The van der Waals surface area contributed by atoms with Crippen LogP contribution in [0.2, 0.25) is 0 Å². The topological polar surface area (TPSA) is 75.3 Å². The van der Waals surface area contributed by atoms with Crippen molar-refractivity contribution in [3.8, 4) is 0 Å². The molecule has 1 aromatic carbocycles. The Kier molecular flexibility index (Phi) is 6.27. The second-order valence-corrected chi connectivity index (χ2v) is 9.37. The average Bonchev–Trinajstić information content (AvgIpc) is 3.06. The van der Waals surface area contributed by atoms with Crippen LogP contribution >= 0.6 is 0 Å². The second kappa shape index (κ2) is 7.87. The molecule has 1 atom stereocenters. The van der Waals surface area contributed by atoms with Crippen molar-refractivity contribution < 1.29 is 13.2 Å². The molecule has 1 aliphatic carbocycles. The molecule has 0 spiro atoms. The summed E-state index contributed by atoms with van der Waals surface area (Å²) >= 11 is 0. The SMILES string of the molecule is CCN[C@H](C)CNC(=O)C1(S(=O)(=O)c2cc(C)ccc2C)CCCC1. The van der Waals surface area contributed by atoms with Gasteiger partial charge in [-0.25, -0.2) is 8.42 Å². The van der Waals surface area contributed by atoms with E-state index in [0.717, 1.165) is 24.9 Å². The highest BCUT2D eigenvalue weighted by atomic mass is 32.2. The van der Waals surface area contributed by atoms with Crippen molar-refractivity contribution >= 4 is 15.7 Å². The first-order valence-electron chi connectivity index (χ1n) is 9.08. The molecular weight excluding hydrogens is 336 g/mol. The highest BCUT2D eigenvalue weighted by Crippen LogP contribution is 2.41. The summed E-state index contributed by atoms with van der Waals surface area (Å²) in [5.74, 6) is -0.351. The van der Waals surface area contributed by atoms with Gasteiger partial charge in [0.25, 0.3) is 0 Å². The van der Waals surface area contributed by atoms with E-state index in [-0.39, 0.29) is 11.9 Å². The van der Waals surface area contributed by atoms with Crippen molar-refractivity contribution in [2.45, 2.75) is 69.1 Å². The van der Waals surface area contributed by atoms with Crippen molar-refractivity contribution in [2.24, 2.45) is 0 Å². The Morgan fingerprint density at radius 1 is 1.24 bits per heavy atom. The molecule has 25 heavy (non-hydrogen) atoms. The monoisotopic (exact) mass is 366 g/mol. The number of carbonyl (C=O) groups is 1. The molecule has 1 amide bonds. The van der Waals surface area contributed by atoms with Gasteiger partial charge in [-0.2, -0.15) is 0 Å². The van der Waals surface area contributed by atoms with E-state index in [4.69, 9.17) is 0 Å². The van der Waals surface area contributed by atoms with E-state index >= 15 is 0 Å². The number of rotatable bonds is 7. The maximum atomic E-state index is 13.5. The standard InChI is InChI=1S/C19H30N2O3S/c1-5-20-16(4)13-21-18(22)19(10-6-7-11-19)25(23,24)17-12-14(2)8-9-15(17)3/h8-9,12,16,20H,5-7,10-11,13H2,1-4H3,(H,21,22)/t16-/m1/s1. The van der Waals surface area contributed by atoms with Gasteiger partial charge in [0, 0.05) is 12.6 Å². The van der Waals surface area contributed by atoms with E-state index in [1.165, 1.54) is 0 Å². The lowest BCUT2D eigenvalue weighted by atomic mass is 10.1. The zero-order valence-electron chi connectivity index (χ0n) is 15.7. The van der Waals surface area contributed by atoms with Gasteiger partial charge >= 0.3 is 0 Å². The number of hydrogen-bond donors (Lipinski definition) is 2. The van der Waals surface area contributed by atoms with Crippen molar-refractivity contribution in [2.75, 3.05) is 13.1 Å². The average molecular weight is 367 g/mol. The van der Waals surface area contributed by atoms with Crippen LogP contribution in [0, 0.1) is 13.8 Å². The minimum atomic E-state index is -3.75. The van der Waals surface area contributed by atoms with Gasteiger partial charge in [-0.1, -0.05) is 31.9 Å². The zero-order valence-corrected chi connectivity index (χ0v) is 16.5. The lowest BCUT2D eigenvalue weighted by Crippen LogP contribution is -2.53. The maximum Gasteiger partial charge on any atom is 0.241 e. The molecule has 1 saturated carbocycles. The molecule has 0 bridgehead atoms. The highest BCUT2D eigenvalue weighted by Gasteiger charge is 2.53. The van der Waals surface area contributed by atoms with Gasteiger partial charge in [0.1, 0.15) is 0 Å². The van der Waals surface area contributed by atoms with Crippen molar-refractivity contribution in [1.82, 2.24) is 10.6 Å². The van der Waals surface area contributed by atoms with E-state index in [1.807, 2.05) is 32.9 Å². The minimum Gasteiger partial charge on any atom is -0.353 e. The highest BCUT2D eigenvalue weighted by molar-refractivity contribution is 7.93. The fourth-order valence-electron chi connectivity index (χ4n) is 3.60. The number of sulfone groups is 1. The predicted molar refractivity (Wildman–Crippen MR) is 100 cm³/mol. The van der Waals surface area contributed by atoms with Gasteiger partial charge < -0.3 is 10.6 Å². The fraction of sp³-hybridized carbons (Fsp3) is 0.632. The Bertz CT molecular complexity index is 722. The molecule has 2 rings (SSSR count). The number of hydrogen-bond acceptors (Lipinski definition) is 4. The predicted octanol–water partition coefficient (Wildman–Crippen LogP) is 2.50. The van der Waals surface area contributed by atoms with Gasteiger partial charge in [0.05, 0.1) is 4.90 Å². The molecule has 6 heteroatoms. The van der Waals surface area contributed by atoms with Crippen LogP contribution in [-0.2, 0) is 14.6 Å². The smallest absolute Gasteiger partial charge is 0.241 e.